The minimum absolute atomic E-state index is 0.00611. The third-order valence-corrected chi connectivity index (χ3v) is 14.6. The predicted octanol–water partition coefficient (Wildman–Crippen LogP) is -6.30. The van der Waals surface area contributed by atoms with E-state index in [9.17, 15) is 35.7 Å². The van der Waals surface area contributed by atoms with Crippen molar-refractivity contribution < 1.29 is 93.7 Å². The zero-order valence-corrected chi connectivity index (χ0v) is 36.1. The van der Waals surface area contributed by atoms with Crippen LogP contribution < -0.4 is 5.73 Å². The summed E-state index contributed by atoms with van der Waals surface area (Å²) < 4.78 is 48.2. The molecule has 1 aliphatic carbocycles. The molecule has 0 spiro atoms. The molecule has 9 saturated heterocycles. The van der Waals surface area contributed by atoms with E-state index in [-0.39, 0.29) is 63.7 Å². The molecule has 10 rings (SSSR count). The average Bonchev–Trinajstić information content (AvgIpc) is 4.09. The monoisotopic (exact) mass is 893 g/mol. The number of rotatable bonds is 7. The van der Waals surface area contributed by atoms with Gasteiger partial charge in [0.1, 0.15) is 114 Å². The highest BCUT2D eigenvalue weighted by Gasteiger charge is 2.65. The highest BCUT2D eigenvalue weighted by atomic mass is 16.7. The van der Waals surface area contributed by atoms with Gasteiger partial charge in [-0.3, -0.25) is 0 Å². The smallest absolute Gasteiger partial charge is 0.145 e. The topological polar surface area (TPSA) is 311 Å². The fourth-order valence-corrected chi connectivity index (χ4v) is 10.8. The van der Waals surface area contributed by atoms with Crippen molar-refractivity contribution in [1.29, 1.82) is 0 Å². The summed E-state index contributed by atoms with van der Waals surface area (Å²) in [6, 6.07) is -2.50. The van der Waals surface area contributed by atoms with Gasteiger partial charge in [0.25, 0.3) is 0 Å². The van der Waals surface area contributed by atoms with Gasteiger partial charge in [0.2, 0.25) is 0 Å². The van der Waals surface area contributed by atoms with E-state index in [0.717, 1.165) is 12.0 Å². The Morgan fingerprint density at radius 1 is 0.698 bits per heavy atom. The van der Waals surface area contributed by atoms with Crippen molar-refractivity contribution in [2.45, 2.75) is 191 Å². The number of nitrogens with two attached hydrogens (primary N) is 1. The van der Waals surface area contributed by atoms with Gasteiger partial charge in [-0.15, -0.1) is 0 Å². The highest BCUT2D eigenvalue weighted by Crippen LogP contribution is 2.51. The fraction of sp³-hybridized carbons (Fsp3) is 0.949. The zero-order chi connectivity index (χ0) is 46.8. The molecule has 350 valence electrons. The summed E-state index contributed by atoms with van der Waals surface area (Å²) in [5, 5.41) is 94.3. The minimum Gasteiger partial charge on any atom is -0.396 e. The van der Waals surface area contributed by atoms with Crippen LogP contribution >= 0.6 is 0 Å². The molecule has 2 unspecified atom stereocenters. The molecule has 0 amide bonds. The summed E-state index contributed by atoms with van der Waals surface area (Å²) in [6.45, 7) is 10.6. The molecular weight excluding hydrogens is 830 g/mol. The lowest BCUT2D eigenvalue weighted by atomic mass is 9.85. The van der Waals surface area contributed by atoms with Crippen LogP contribution in [0.1, 0.15) is 53.4 Å². The number of ether oxygens (including phenoxy) is 9. The van der Waals surface area contributed by atoms with E-state index in [0.29, 0.717) is 12.8 Å². The first-order chi connectivity index (χ1) is 29.5. The van der Waals surface area contributed by atoms with Gasteiger partial charge in [-0.25, -0.2) is 0 Å². The number of fused-ring (bicyclic) bond motifs is 10. The molecule has 9 aliphatic heterocycles. The van der Waals surface area contributed by atoms with Crippen LogP contribution in [0.4, 0.5) is 0 Å². The quantitative estimate of drug-likeness (QED) is 0.0837. The number of hydrogen-bond acceptors (Lipinski definition) is 20. The minimum atomic E-state index is -1.15. The molecule has 8 radical (unpaired) electrons. The molecule has 10 fully saturated rings. The first-order valence-electron chi connectivity index (χ1n) is 21.5. The van der Waals surface area contributed by atoms with E-state index in [2.05, 4.69) is 6.58 Å². The molecule has 10 aliphatic rings. The molecule has 0 aromatic heterocycles. The van der Waals surface area contributed by atoms with Gasteiger partial charge in [0.05, 0.1) is 56.9 Å². The molecule has 10 bridgehead atoms. The summed E-state index contributed by atoms with van der Waals surface area (Å²) in [4.78, 5) is 0. The zero-order valence-electron chi connectivity index (χ0n) is 36.1. The molecule has 24 atom stereocenters. The van der Waals surface area contributed by atoms with Crippen molar-refractivity contribution >= 4 is 31.4 Å². The Hall–Kier alpha value is -0.800. The van der Waals surface area contributed by atoms with Crippen LogP contribution in [-0.4, -0.2) is 253 Å². The number of aliphatic hydroxyl groups is 10. The molecule has 20 nitrogen and oxygen atoms in total. The molecule has 63 heavy (non-hydrogen) atoms. The number of aliphatic hydroxyl groups excluding tert-OH is 10. The van der Waals surface area contributed by atoms with Crippen molar-refractivity contribution in [1.82, 2.24) is 0 Å². The van der Waals surface area contributed by atoms with Gasteiger partial charge < -0.3 is 99.4 Å². The van der Waals surface area contributed by atoms with Crippen LogP contribution in [0.2, 0.25) is 0 Å². The largest absolute Gasteiger partial charge is 0.396 e. The van der Waals surface area contributed by atoms with Crippen molar-refractivity contribution in [2.75, 3.05) is 33.0 Å². The van der Waals surface area contributed by atoms with Gasteiger partial charge in [0.15, 0.2) is 0 Å². The third kappa shape index (κ3) is 8.46. The Kier molecular flexibility index (Phi) is 15.8. The average molecular weight is 893 g/mol. The summed E-state index contributed by atoms with van der Waals surface area (Å²) in [5.41, 5.74) is 2.12. The Bertz CT molecular complexity index is 1570. The summed E-state index contributed by atoms with van der Waals surface area (Å²) >= 11 is 0. The number of hydrogen-bond donors (Lipinski definition) is 11. The van der Waals surface area contributed by atoms with Gasteiger partial charge in [0, 0.05) is 49.4 Å². The van der Waals surface area contributed by atoms with E-state index < -0.39 is 119 Å². The maximum absolute atomic E-state index is 9.79. The lowest BCUT2D eigenvalue weighted by Gasteiger charge is -2.37. The molecule has 0 aromatic carbocycles. The summed E-state index contributed by atoms with van der Waals surface area (Å²) in [7, 11) is 22.2. The van der Waals surface area contributed by atoms with Gasteiger partial charge in [-0.2, -0.15) is 0 Å². The van der Waals surface area contributed by atoms with Crippen LogP contribution in [0.5, 0.6) is 0 Å². The van der Waals surface area contributed by atoms with Crippen LogP contribution in [0.3, 0.4) is 0 Å². The van der Waals surface area contributed by atoms with Crippen molar-refractivity contribution in [3.05, 3.63) is 12.2 Å². The van der Waals surface area contributed by atoms with Crippen LogP contribution in [0, 0.1) is 5.92 Å². The lowest BCUT2D eigenvalue weighted by molar-refractivity contribution is -0.183. The fourth-order valence-electron chi connectivity index (χ4n) is 10.8. The lowest BCUT2D eigenvalue weighted by Crippen LogP contribution is -2.56. The van der Waals surface area contributed by atoms with Crippen molar-refractivity contribution in [3.63, 3.8) is 0 Å². The second-order valence-corrected chi connectivity index (χ2v) is 18.2. The molecule has 9 heterocycles. The van der Waals surface area contributed by atoms with Crippen LogP contribution in [0.25, 0.3) is 0 Å². The van der Waals surface area contributed by atoms with E-state index in [4.69, 9.17) is 95.1 Å². The molecule has 24 heteroatoms. The highest BCUT2D eigenvalue weighted by molar-refractivity contribution is 6.12. The van der Waals surface area contributed by atoms with E-state index in [1.165, 1.54) is 0 Å². The maximum atomic E-state index is 9.79. The second-order valence-electron chi connectivity index (χ2n) is 18.2. The van der Waals surface area contributed by atoms with E-state index >= 15 is 0 Å². The Morgan fingerprint density at radius 3 is 1.65 bits per heavy atom. The molecular formula is C39H63B4NO19. The Labute approximate surface area is 372 Å². The molecule has 12 N–H and O–H groups in total. The standard InChI is InChI=1S/C9H14O3.C8H13BO5.C8H13BO3.C7H12BNO4.C7H11BO4/c1-5-3-9(4-10)8(11)7(5)6(2)12-9;9-7-5-6(12)8(3-11,14-7)4(13-5)1-2-10;1-3-8-4(2)11-5(6(8)10)7(9)12-8;8-6-4-5(11)7(2-10,13-6)1-3(9)12-4;1-3(9)7-2-11-4(5(7)10)6(8)12-7/h6-8,10-11H,1,3-4H2,2H3;4-7,10-12H,1-3H2;4-7,10H,3H2,1-2H3;3-6,10-11H,1-2,9H2;3-6,9-10H,2H2,1H3/t6-,7-,8+,9+;2*4-,5+,6-,7+,8-;2*3?,4-,5+,6-,7-/m00011/s1. The maximum Gasteiger partial charge on any atom is 0.145 e. The van der Waals surface area contributed by atoms with Gasteiger partial charge in [-0.05, 0) is 33.6 Å². The molecule has 1 saturated carbocycles. The first-order valence-corrected chi connectivity index (χ1v) is 21.5. The van der Waals surface area contributed by atoms with Gasteiger partial charge in [-0.1, -0.05) is 19.1 Å². The first kappa shape index (κ1) is 51.6. The van der Waals surface area contributed by atoms with E-state index in [1.807, 2.05) is 20.8 Å². The van der Waals surface area contributed by atoms with Crippen LogP contribution in [0.15, 0.2) is 12.2 Å². The van der Waals surface area contributed by atoms with Crippen LogP contribution in [-0.2, 0) is 42.6 Å². The second kappa shape index (κ2) is 19.3. The van der Waals surface area contributed by atoms with Gasteiger partial charge >= 0.3 is 0 Å². The third-order valence-electron chi connectivity index (χ3n) is 14.6. The molecule has 0 aromatic rings. The summed E-state index contributed by atoms with van der Waals surface area (Å²) in [6.07, 6.45) is -5.74. The summed E-state index contributed by atoms with van der Waals surface area (Å²) in [5.74, 6) is 0.0251. The SMILES string of the molecule is C=C1C[C@]2(CO)O[C@@H](C)[C@H]1[C@H]2O.[B][C@@H]1O[C@@]2(C(C)O)CO[C@@H]1[C@@H]2O.[B][C@@H]1O[C@@]2(CC)[C@H](C)O[C@@H]1[C@@H]2O.[B][C@@H]1O[C@@]2(CO)CC(N)O[C@@H]1[C@@H]2O.[B][C@@H]1O[C@@]2(CO)[C@H](CCO)O[C@@H]1[C@@H]2O. The van der Waals surface area contributed by atoms with E-state index in [1.54, 1.807) is 6.92 Å². The van der Waals surface area contributed by atoms with Crippen molar-refractivity contribution in [3.8, 4) is 0 Å². The predicted molar refractivity (Wildman–Crippen MR) is 219 cm³/mol. The Morgan fingerprint density at radius 2 is 1.25 bits per heavy atom. The Balaban J connectivity index is 0.000000131. The van der Waals surface area contributed by atoms with Crippen molar-refractivity contribution in [2.24, 2.45) is 11.7 Å². The normalized spacial score (nSPS) is 54.1.